The van der Waals surface area contributed by atoms with Gasteiger partial charge in [0.2, 0.25) is 0 Å². The smallest absolute Gasteiger partial charge is 0.193 e. The predicted molar refractivity (Wildman–Crippen MR) is 74.6 cm³/mol. The summed E-state index contributed by atoms with van der Waals surface area (Å²) in [5.41, 5.74) is 0.292. The van der Waals surface area contributed by atoms with Gasteiger partial charge in [0.05, 0.1) is 5.39 Å². The number of hydrogen-bond donors (Lipinski definition) is 1. The molecule has 0 unspecified atom stereocenters. The van der Waals surface area contributed by atoms with Crippen molar-refractivity contribution in [2.24, 2.45) is 0 Å². The van der Waals surface area contributed by atoms with E-state index in [4.69, 9.17) is 16.0 Å². The number of halogens is 2. The maximum Gasteiger partial charge on any atom is 0.193 e. The number of rotatable bonds is 1. The fourth-order valence-corrected chi connectivity index (χ4v) is 2.13. The normalized spacial score (nSPS) is 10.9. The molecule has 0 saturated carbocycles. The monoisotopic (exact) mass is 290 g/mol. The van der Waals surface area contributed by atoms with Crippen LogP contribution in [-0.2, 0) is 0 Å². The highest BCUT2D eigenvalue weighted by Gasteiger charge is 2.12. The van der Waals surface area contributed by atoms with Crippen molar-refractivity contribution >= 4 is 22.6 Å². The lowest BCUT2D eigenvalue weighted by atomic mass is 10.1. The molecule has 0 spiro atoms. The van der Waals surface area contributed by atoms with Crippen LogP contribution < -0.4 is 5.43 Å². The van der Waals surface area contributed by atoms with Gasteiger partial charge in [-0.1, -0.05) is 11.6 Å². The second kappa shape index (κ2) is 4.65. The fourth-order valence-electron chi connectivity index (χ4n) is 1.93. The van der Waals surface area contributed by atoms with E-state index in [2.05, 4.69) is 0 Å². The summed E-state index contributed by atoms with van der Waals surface area (Å²) < 4.78 is 19.0. The molecule has 3 nitrogen and oxygen atoms in total. The zero-order valence-corrected chi connectivity index (χ0v) is 10.8. The highest BCUT2D eigenvalue weighted by molar-refractivity contribution is 6.34. The lowest BCUT2D eigenvalue weighted by molar-refractivity contribution is 0.475. The lowest BCUT2D eigenvalue weighted by Gasteiger charge is -2.05. The maximum absolute atomic E-state index is 13.4. The number of fused-ring (bicyclic) bond motifs is 1. The molecule has 0 fully saturated rings. The van der Waals surface area contributed by atoms with Crippen molar-refractivity contribution < 1.29 is 13.9 Å². The molecule has 0 aliphatic rings. The molecule has 3 aromatic rings. The minimum Gasteiger partial charge on any atom is -0.508 e. The Labute approximate surface area is 117 Å². The van der Waals surface area contributed by atoms with Gasteiger partial charge in [-0.05, 0) is 36.4 Å². The first-order valence-electron chi connectivity index (χ1n) is 5.77. The molecule has 20 heavy (non-hydrogen) atoms. The molecule has 5 heteroatoms. The second-order valence-electron chi connectivity index (χ2n) is 4.26. The fraction of sp³-hybridized carbons (Fsp3) is 0. The minimum absolute atomic E-state index is 0.0160. The Kier molecular flexibility index (Phi) is 2.95. The molecular formula is C15H8ClFO3. The molecular weight excluding hydrogens is 283 g/mol. The van der Waals surface area contributed by atoms with Crippen molar-refractivity contribution in [3.63, 3.8) is 0 Å². The van der Waals surface area contributed by atoms with Crippen LogP contribution in [-0.4, -0.2) is 5.11 Å². The van der Waals surface area contributed by atoms with Gasteiger partial charge in [-0.25, -0.2) is 4.39 Å². The molecule has 100 valence electrons. The van der Waals surface area contributed by atoms with Crippen molar-refractivity contribution in [1.29, 1.82) is 0 Å². The van der Waals surface area contributed by atoms with Crippen LogP contribution in [0.1, 0.15) is 0 Å². The van der Waals surface area contributed by atoms with Gasteiger partial charge in [0, 0.05) is 11.6 Å². The van der Waals surface area contributed by atoms with E-state index >= 15 is 0 Å². The van der Waals surface area contributed by atoms with Gasteiger partial charge >= 0.3 is 0 Å². The maximum atomic E-state index is 13.4. The summed E-state index contributed by atoms with van der Waals surface area (Å²) in [5, 5.41) is 9.25. The Balaban J connectivity index is 2.31. The third-order valence-electron chi connectivity index (χ3n) is 2.94. The highest BCUT2D eigenvalue weighted by atomic mass is 35.5. The Morgan fingerprint density at radius 2 is 1.80 bits per heavy atom. The summed E-state index contributed by atoms with van der Waals surface area (Å²) in [5.74, 6) is -0.291. The first-order chi connectivity index (χ1) is 9.56. The number of aromatic hydroxyl groups is 1. The summed E-state index contributed by atoms with van der Waals surface area (Å²) in [4.78, 5) is 12.0. The summed E-state index contributed by atoms with van der Waals surface area (Å²) >= 11 is 5.84. The molecule has 1 N–H and O–H groups in total. The molecule has 1 heterocycles. The van der Waals surface area contributed by atoms with Gasteiger partial charge in [0.25, 0.3) is 0 Å². The number of phenolic OH excluding ortho intramolecular Hbond substituents is 1. The first kappa shape index (κ1) is 12.7. The van der Waals surface area contributed by atoms with E-state index in [-0.39, 0.29) is 32.9 Å². The largest absolute Gasteiger partial charge is 0.508 e. The summed E-state index contributed by atoms with van der Waals surface area (Å²) in [7, 11) is 0. The van der Waals surface area contributed by atoms with Crippen LogP contribution in [0.5, 0.6) is 5.75 Å². The molecule has 2 aromatic carbocycles. The quantitative estimate of drug-likeness (QED) is 0.738. The van der Waals surface area contributed by atoms with E-state index in [1.54, 1.807) is 12.1 Å². The molecule has 0 bridgehead atoms. The van der Waals surface area contributed by atoms with Crippen molar-refractivity contribution in [1.82, 2.24) is 0 Å². The molecule has 0 atom stereocenters. The van der Waals surface area contributed by atoms with E-state index in [0.717, 1.165) is 6.07 Å². The third-order valence-corrected chi connectivity index (χ3v) is 3.29. The van der Waals surface area contributed by atoms with E-state index in [0.29, 0.717) is 5.56 Å². The van der Waals surface area contributed by atoms with Gasteiger partial charge < -0.3 is 9.52 Å². The SMILES string of the molecule is O=c1cc(-c2ccc(O)cc2)oc2c(Cl)c(F)ccc12. The minimum atomic E-state index is -0.648. The number of hydrogen-bond acceptors (Lipinski definition) is 3. The average Bonchev–Trinajstić information content (AvgIpc) is 2.44. The number of benzene rings is 2. The van der Waals surface area contributed by atoms with Gasteiger partial charge in [-0.3, -0.25) is 4.79 Å². The van der Waals surface area contributed by atoms with Crippen LogP contribution >= 0.6 is 11.6 Å². The number of phenols is 1. The van der Waals surface area contributed by atoms with Crippen molar-refractivity contribution in [2.45, 2.75) is 0 Å². The Morgan fingerprint density at radius 3 is 2.50 bits per heavy atom. The van der Waals surface area contributed by atoms with Crippen LogP contribution in [0.25, 0.3) is 22.3 Å². The van der Waals surface area contributed by atoms with Crippen LogP contribution in [0.3, 0.4) is 0 Å². The lowest BCUT2D eigenvalue weighted by Crippen LogP contribution is -2.01. The van der Waals surface area contributed by atoms with Gasteiger partial charge in [-0.2, -0.15) is 0 Å². The van der Waals surface area contributed by atoms with Crippen molar-refractivity contribution in [3.05, 3.63) is 63.5 Å². The van der Waals surface area contributed by atoms with Crippen molar-refractivity contribution in [2.75, 3.05) is 0 Å². The zero-order valence-electron chi connectivity index (χ0n) is 10.1. The van der Waals surface area contributed by atoms with Gasteiger partial charge in [-0.15, -0.1) is 0 Å². The summed E-state index contributed by atoms with van der Waals surface area (Å²) in [6, 6.07) is 9.88. The molecule has 0 aliphatic heterocycles. The average molecular weight is 291 g/mol. The van der Waals surface area contributed by atoms with Crippen LogP contribution in [0.15, 0.2) is 51.7 Å². The third kappa shape index (κ3) is 2.04. The van der Waals surface area contributed by atoms with E-state index in [1.165, 1.54) is 24.3 Å². The molecule has 0 amide bonds. The molecule has 3 rings (SSSR count). The van der Waals surface area contributed by atoms with Crippen LogP contribution in [0.2, 0.25) is 5.02 Å². The van der Waals surface area contributed by atoms with Crippen molar-refractivity contribution in [3.8, 4) is 17.1 Å². The summed E-state index contributed by atoms with van der Waals surface area (Å²) in [6.07, 6.45) is 0. The van der Waals surface area contributed by atoms with E-state index in [9.17, 15) is 14.3 Å². The van der Waals surface area contributed by atoms with E-state index < -0.39 is 5.82 Å². The second-order valence-corrected chi connectivity index (χ2v) is 4.64. The zero-order chi connectivity index (χ0) is 14.3. The van der Waals surface area contributed by atoms with E-state index in [1.807, 2.05) is 0 Å². The van der Waals surface area contributed by atoms with Gasteiger partial charge in [0.1, 0.15) is 22.3 Å². The molecule has 1 aromatic heterocycles. The highest BCUT2D eigenvalue weighted by Crippen LogP contribution is 2.29. The topological polar surface area (TPSA) is 50.4 Å². The molecule has 0 saturated heterocycles. The molecule has 0 aliphatic carbocycles. The standard InChI is InChI=1S/C15H8ClFO3/c16-14-11(17)6-5-10-12(19)7-13(20-15(10)14)8-1-3-9(18)4-2-8/h1-7,18H. The van der Waals surface area contributed by atoms with Crippen LogP contribution in [0, 0.1) is 5.82 Å². The van der Waals surface area contributed by atoms with Crippen LogP contribution in [0.4, 0.5) is 4.39 Å². The molecule has 0 radical (unpaired) electrons. The predicted octanol–water partition coefficient (Wildman–Crippen LogP) is 3.96. The van der Waals surface area contributed by atoms with Gasteiger partial charge in [0.15, 0.2) is 11.0 Å². The Hall–Kier alpha value is -2.33. The first-order valence-corrected chi connectivity index (χ1v) is 6.15. The summed E-state index contributed by atoms with van der Waals surface area (Å²) in [6.45, 7) is 0. The Morgan fingerprint density at radius 1 is 1.10 bits per heavy atom. The Bertz CT molecular complexity index is 853.